The molecule has 0 fully saturated rings. The Morgan fingerprint density at radius 2 is 1.68 bits per heavy atom. The summed E-state index contributed by atoms with van der Waals surface area (Å²) in [6.45, 7) is 1.81. The summed E-state index contributed by atoms with van der Waals surface area (Å²) in [6, 6.07) is 24.5. The summed E-state index contributed by atoms with van der Waals surface area (Å²) in [7, 11) is 0. The molecular weight excluding hydrogens is 350 g/mol. The number of benzene rings is 3. The van der Waals surface area contributed by atoms with Crippen LogP contribution >= 0.6 is 0 Å². The minimum atomic E-state index is -0.467. The number of H-pyrrole nitrogens is 1. The number of nitrogens with zero attached hydrogens (tertiary/aromatic N) is 1. The number of hydrazone groups is 1. The molecule has 5 nitrogen and oxygen atoms in total. The fourth-order valence-electron chi connectivity index (χ4n) is 3.05. The average Bonchev–Trinajstić information content (AvgIpc) is 3.17. The number of aromatic amines is 1. The lowest BCUT2D eigenvalue weighted by molar-refractivity contribution is 0.0952. The third-order valence-electron chi connectivity index (χ3n) is 4.59. The van der Waals surface area contributed by atoms with E-state index in [0.717, 1.165) is 27.7 Å². The number of aromatic nitrogens is 1. The van der Waals surface area contributed by atoms with Crippen molar-refractivity contribution in [2.24, 2.45) is 5.10 Å². The van der Waals surface area contributed by atoms with E-state index in [1.807, 2.05) is 67.6 Å². The van der Waals surface area contributed by atoms with Gasteiger partial charge in [0, 0.05) is 10.9 Å². The SMILES string of the molecule is CC(=NNC(=O)c1cc(-c2ccccc2)ccc1O)c1cc2ccccc2[nH]1. The molecule has 5 heteroatoms. The van der Waals surface area contributed by atoms with Crippen molar-refractivity contribution in [3.63, 3.8) is 0 Å². The quantitative estimate of drug-likeness (QED) is 0.360. The molecule has 0 aliphatic rings. The van der Waals surface area contributed by atoms with E-state index in [-0.39, 0.29) is 11.3 Å². The minimum Gasteiger partial charge on any atom is -0.507 e. The lowest BCUT2D eigenvalue weighted by atomic mass is 10.0. The number of para-hydroxylation sites is 1. The van der Waals surface area contributed by atoms with Crippen LogP contribution in [0, 0.1) is 0 Å². The maximum atomic E-state index is 12.6. The number of phenols is 1. The van der Waals surface area contributed by atoms with Crippen LogP contribution in [0.15, 0.2) is 84.0 Å². The van der Waals surface area contributed by atoms with Gasteiger partial charge in [0.25, 0.3) is 5.91 Å². The van der Waals surface area contributed by atoms with Gasteiger partial charge in [-0.3, -0.25) is 4.79 Å². The van der Waals surface area contributed by atoms with E-state index in [9.17, 15) is 9.90 Å². The van der Waals surface area contributed by atoms with E-state index in [4.69, 9.17) is 0 Å². The normalized spacial score (nSPS) is 11.5. The zero-order valence-corrected chi connectivity index (χ0v) is 15.3. The van der Waals surface area contributed by atoms with Crippen molar-refractivity contribution in [1.82, 2.24) is 10.4 Å². The Kier molecular flexibility index (Phi) is 4.64. The number of rotatable bonds is 4. The van der Waals surface area contributed by atoms with E-state index in [1.165, 1.54) is 6.07 Å². The van der Waals surface area contributed by atoms with Crippen molar-refractivity contribution in [1.29, 1.82) is 0 Å². The van der Waals surface area contributed by atoms with Gasteiger partial charge in [-0.2, -0.15) is 5.10 Å². The molecular formula is C23H19N3O2. The van der Waals surface area contributed by atoms with Crippen molar-refractivity contribution in [2.45, 2.75) is 6.92 Å². The molecule has 1 amide bonds. The van der Waals surface area contributed by atoms with E-state index in [0.29, 0.717) is 5.71 Å². The lowest BCUT2D eigenvalue weighted by Gasteiger charge is -2.07. The predicted octanol–water partition coefficient (Wildman–Crippen LogP) is 4.69. The maximum absolute atomic E-state index is 12.6. The Morgan fingerprint density at radius 3 is 2.46 bits per heavy atom. The fourth-order valence-corrected chi connectivity index (χ4v) is 3.05. The first-order chi connectivity index (χ1) is 13.6. The molecule has 4 aromatic rings. The molecule has 0 aliphatic carbocycles. The number of phenolic OH excluding ortho intramolecular Hbond substituents is 1. The monoisotopic (exact) mass is 369 g/mol. The van der Waals surface area contributed by atoms with E-state index in [1.54, 1.807) is 12.1 Å². The molecule has 1 heterocycles. The van der Waals surface area contributed by atoms with Gasteiger partial charge >= 0.3 is 0 Å². The van der Waals surface area contributed by atoms with Crippen LogP contribution in [0.25, 0.3) is 22.0 Å². The van der Waals surface area contributed by atoms with Crippen molar-refractivity contribution < 1.29 is 9.90 Å². The predicted molar refractivity (Wildman–Crippen MR) is 112 cm³/mol. The zero-order valence-electron chi connectivity index (χ0n) is 15.3. The van der Waals surface area contributed by atoms with E-state index < -0.39 is 5.91 Å². The number of aromatic hydroxyl groups is 1. The topological polar surface area (TPSA) is 77.5 Å². The molecule has 0 unspecified atom stereocenters. The summed E-state index contributed by atoms with van der Waals surface area (Å²) in [4.78, 5) is 15.8. The van der Waals surface area contributed by atoms with E-state index in [2.05, 4.69) is 15.5 Å². The van der Waals surface area contributed by atoms with Gasteiger partial charge < -0.3 is 10.1 Å². The van der Waals surface area contributed by atoms with Crippen molar-refractivity contribution in [2.75, 3.05) is 0 Å². The molecule has 0 saturated heterocycles. The van der Waals surface area contributed by atoms with Gasteiger partial charge in [0.2, 0.25) is 0 Å². The van der Waals surface area contributed by atoms with Gasteiger partial charge in [-0.25, -0.2) is 5.43 Å². The number of fused-ring (bicyclic) bond motifs is 1. The number of amides is 1. The number of hydrogen-bond donors (Lipinski definition) is 3. The van der Waals surface area contributed by atoms with Crippen molar-refractivity contribution >= 4 is 22.5 Å². The van der Waals surface area contributed by atoms with Crippen LogP contribution in [-0.4, -0.2) is 21.7 Å². The molecule has 0 saturated carbocycles. The van der Waals surface area contributed by atoms with E-state index >= 15 is 0 Å². The summed E-state index contributed by atoms with van der Waals surface area (Å²) in [5.74, 6) is -0.554. The Morgan fingerprint density at radius 1 is 0.929 bits per heavy atom. The molecule has 28 heavy (non-hydrogen) atoms. The number of nitrogens with one attached hydrogen (secondary N) is 2. The Labute approximate surface area is 162 Å². The average molecular weight is 369 g/mol. The molecule has 0 aliphatic heterocycles. The molecule has 4 rings (SSSR count). The van der Waals surface area contributed by atoms with Crippen LogP contribution in [0.5, 0.6) is 5.75 Å². The van der Waals surface area contributed by atoms with Gasteiger partial charge in [-0.05, 0) is 42.3 Å². The summed E-state index contributed by atoms with van der Waals surface area (Å²) < 4.78 is 0. The number of carbonyl (C=O) groups excluding carboxylic acids is 1. The highest BCUT2D eigenvalue weighted by Crippen LogP contribution is 2.26. The van der Waals surface area contributed by atoms with Crippen molar-refractivity contribution in [3.05, 3.63) is 90.1 Å². The molecule has 3 N–H and O–H groups in total. The third-order valence-corrected chi connectivity index (χ3v) is 4.59. The van der Waals surface area contributed by atoms with Crippen LogP contribution in [-0.2, 0) is 0 Å². The maximum Gasteiger partial charge on any atom is 0.275 e. The van der Waals surface area contributed by atoms with Crippen LogP contribution in [0.4, 0.5) is 0 Å². The molecule has 0 spiro atoms. The van der Waals surface area contributed by atoms with Gasteiger partial charge in [0.15, 0.2) is 0 Å². The minimum absolute atomic E-state index is 0.0874. The van der Waals surface area contributed by atoms with Crippen LogP contribution in [0.2, 0.25) is 0 Å². The first-order valence-electron chi connectivity index (χ1n) is 8.93. The third kappa shape index (κ3) is 3.50. The molecule has 0 bridgehead atoms. The molecule has 3 aromatic carbocycles. The first-order valence-corrected chi connectivity index (χ1v) is 8.93. The largest absolute Gasteiger partial charge is 0.507 e. The highest BCUT2D eigenvalue weighted by atomic mass is 16.3. The number of hydrogen-bond acceptors (Lipinski definition) is 3. The summed E-state index contributed by atoms with van der Waals surface area (Å²) in [6.07, 6.45) is 0. The van der Waals surface area contributed by atoms with Crippen LogP contribution < -0.4 is 5.43 Å². The highest BCUT2D eigenvalue weighted by Gasteiger charge is 2.13. The molecule has 1 aromatic heterocycles. The van der Waals surface area contributed by atoms with Crippen LogP contribution in [0.3, 0.4) is 0 Å². The second kappa shape index (κ2) is 7.40. The number of carbonyl (C=O) groups is 1. The fraction of sp³-hybridized carbons (Fsp3) is 0.0435. The van der Waals surface area contributed by atoms with Crippen LogP contribution in [0.1, 0.15) is 23.0 Å². The summed E-state index contributed by atoms with van der Waals surface area (Å²) in [5.41, 5.74) is 6.99. The lowest BCUT2D eigenvalue weighted by Crippen LogP contribution is -2.19. The van der Waals surface area contributed by atoms with Crippen molar-refractivity contribution in [3.8, 4) is 16.9 Å². The molecule has 138 valence electrons. The summed E-state index contributed by atoms with van der Waals surface area (Å²) in [5, 5.41) is 15.4. The van der Waals surface area contributed by atoms with Gasteiger partial charge in [0.05, 0.1) is 17.0 Å². The summed E-state index contributed by atoms with van der Waals surface area (Å²) >= 11 is 0. The second-order valence-electron chi connectivity index (χ2n) is 6.51. The second-order valence-corrected chi connectivity index (χ2v) is 6.51. The standard InChI is InChI=1S/C23H19N3O2/c1-15(21-14-18-9-5-6-10-20(18)24-21)25-26-23(28)19-13-17(11-12-22(19)27)16-7-3-2-4-8-16/h2-14,24,27H,1H3,(H,26,28). The van der Waals surface area contributed by atoms with Gasteiger partial charge in [-0.15, -0.1) is 0 Å². The first kappa shape index (κ1) is 17.5. The Balaban J connectivity index is 1.57. The molecule has 0 radical (unpaired) electrons. The Bertz CT molecular complexity index is 1140. The molecule has 0 atom stereocenters. The van der Waals surface area contributed by atoms with Gasteiger partial charge in [-0.1, -0.05) is 54.6 Å². The zero-order chi connectivity index (χ0) is 19.5. The Hall–Kier alpha value is -3.86. The highest BCUT2D eigenvalue weighted by molar-refractivity contribution is 6.03. The smallest absolute Gasteiger partial charge is 0.275 e. The van der Waals surface area contributed by atoms with Gasteiger partial charge in [0.1, 0.15) is 5.75 Å².